The van der Waals surface area contributed by atoms with Crippen molar-refractivity contribution in [3.05, 3.63) is 93.8 Å². The Labute approximate surface area is 150 Å². The Morgan fingerprint density at radius 2 is 1.62 bits per heavy atom. The van der Waals surface area contributed by atoms with Crippen LogP contribution in [0.2, 0.25) is 5.02 Å². The maximum Gasteiger partial charge on any atom is 0.142 e. The lowest BCUT2D eigenvalue weighted by Gasteiger charge is -2.21. The van der Waals surface area contributed by atoms with Gasteiger partial charge in [-0.25, -0.2) is 4.39 Å². The molecule has 0 amide bonds. The first kappa shape index (κ1) is 15.7. The van der Waals surface area contributed by atoms with Crippen molar-refractivity contribution < 1.29 is 4.39 Å². The van der Waals surface area contributed by atoms with Gasteiger partial charge in [0.15, 0.2) is 0 Å². The molecule has 1 atom stereocenters. The molecule has 1 unspecified atom stereocenters. The van der Waals surface area contributed by atoms with Crippen molar-refractivity contribution in [2.24, 2.45) is 0 Å². The lowest BCUT2D eigenvalue weighted by Crippen LogP contribution is -2.03. The minimum atomic E-state index is -0.358. The first-order valence-electron chi connectivity index (χ1n) is 7.95. The van der Waals surface area contributed by atoms with Gasteiger partial charge in [-0.05, 0) is 52.9 Å². The van der Waals surface area contributed by atoms with E-state index in [9.17, 15) is 4.39 Å². The molecular formula is C21H16ClFS. The van der Waals surface area contributed by atoms with Crippen LogP contribution in [0.5, 0.6) is 0 Å². The van der Waals surface area contributed by atoms with Crippen molar-refractivity contribution in [2.75, 3.05) is 0 Å². The zero-order valence-corrected chi connectivity index (χ0v) is 14.8. The Balaban J connectivity index is 1.67. The minimum absolute atomic E-state index is 0.129. The summed E-state index contributed by atoms with van der Waals surface area (Å²) in [5.74, 6) is -0.229. The Bertz CT molecular complexity index is 919. The summed E-state index contributed by atoms with van der Waals surface area (Å²) in [4.78, 5) is 2.65. The largest absolute Gasteiger partial charge is 0.205 e. The van der Waals surface area contributed by atoms with E-state index in [1.54, 1.807) is 6.07 Å². The van der Waals surface area contributed by atoms with Crippen LogP contribution < -0.4 is 0 Å². The summed E-state index contributed by atoms with van der Waals surface area (Å²) >= 11 is 7.62. The van der Waals surface area contributed by atoms with Crippen molar-refractivity contribution in [2.45, 2.75) is 29.1 Å². The fourth-order valence-corrected chi connectivity index (χ4v) is 4.32. The lowest BCUT2D eigenvalue weighted by molar-refractivity contribution is 0.624. The van der Waals surface area contributed by atoms with Gasteiger partial charge in [0.2, 0.25) is 0 Å². The molecule has 4 rings (SSSR count). The van der Waals surface area contributed by atoms with Crippen molar-refractivity contribution >= 4 is 23.4 Å². The van der Waals surface area contributed by atoms with E-state index in [1.807, 2.05) is 17.8 Å². The van der Waals surface area contributed by atoms with E-state index >= 15 is 0 Å². The molecule has 0 N–H and O–H groups in total. The second kappa shape index (κ2) is 6.27. The van der Waals surface area contributed by atoms with Crippen molar-refractivity contribution in [3.63, 3.8) is 0 Å². The summed E-state index contributed by atoms with van der Waals surface area (Å²) in [5.41, 5.74) is 4.87. The van der Waals surface area contributed by atoms with Crippen LogP contribution in [0.25, 0.3) is 0 Å². The summed E-state index contributed by atoms with van der Waals surface area (Å²) in [6.07, 6.45) is 0.952. The molecule has 1 aliphatic heterocycles. The monoisotopic (exact) mass is 354 g/mol. The average molecular weight is 355 g/mol. The number of benzene rings is 3. The topological polar surface area (TPSA) is 0 Å². The number of hydrogen-bond acceptors (Lipinski definition) is 1. The van der Waals surface area contributed by atoms with Gasteiger partial charge >= 0.3 is 0 Å². The lowest BCUT2D eigenvalue weighted by atomic mass is 9.91. The molecular weight excluding hydrogens is 339 g/mol. The van der Waals surface area contributed by atoms with Crippen LogP contribution in [0.4, 0.5) is 4.39 Å². The van der Waals surface area contributed by atoms with Crippen LogP contribution in [0.3, 0.4) is 0 Å². The number of halogens is 2. The molecule has 0 fully saturated rings. The van der Waals surface area contributed by atoms with Gasteiger partial charge in [0.1, 0.15) is 5.82 Å². The van der Waals surface area contributed by atoms with Crippen LogP contribution in [0.15, 0.2) is 70.5 Å². The number of rotatable bonds is 2. The van der Waals surface area contributed by atoms with Gasteiger partial charge in [-0.15, -0.1) is 0 Å². The van der Waals surface area contributed by atoms with Crippen molar-refractivity contribution in [1.29, 1.82) is 0 Å². The summed E-state index contributed by atoms with van der Waals surface area (Å²) in [7, 11) is 0. The Kier molecular flexibility index (Phi) is 4.11. The van der Waals surface area contributed by atoms with Crippen LogP contribution in [-0.2, 0) is 6.42 Å². The highest BCUT2D eigenvalue weighted by molar-refractivity contribution is 7.99. The Morgan fingerprint density at radius 3 is 2.46 bits per heavy atom. The highest BCUT2D eigenvalue weighted by atomic mass is 35.5. The van der Waals surface area contributed by atoms with Gasteiger partial charge in [-0.1, -0.05) is 66.7 Å². The van der Waals surface area contributed by atoms with Gasteiger partial charge in [-0.3, -0.25) is 0 Å². The summed E-state index contributed by atoms with van der Waals surface area (Å²) in [6, 6.07) is 20.2. The highest BCUT2D eigenvalue weighted by Gasteiger charge is 2.18. The molecule has 0 radical (unpaired) electrons. The summed E-state index contributed by atoms with van der Waals surface area (Å²) in [5, 5.41) is 0.171. The smallest absolute Gasteiger partial charge is 0.142 e. The van der Waals surface area contributed by atoms with E-state index in [0.29, 0.717) is 0 Å². The van der Waals surface area contributed by atoms with Gasteiger partial charge in [0, 0.05) is 15.7 Å². The predicted octanol–water partition coefficient (Wildman–Crippen LogP) is 6.69. The Morgan fingerprint density at radius 1 is 0.917 bits per heavy atom. The van der Waals surface area contributed by atoms with E-state index in [2.05, 4.69) is 49.4 Å². The van der Waals surface area contributed by atoms with Crippen LogP contribution in [0, 0.1) is 5.82 Å². The average Bonchev–Trinajstić information content (AvgIpc) is 2.61. The van der Waals surface area contributed by atoms with E-state index in [0.717, 1.165) is 12.0 Å². The molecule has 120 valence electrons. The number of hydrogen-bond donors (Lipinski definition) is 0. The highest BCUT2D eigenvalue weighted by Crippen LogP contribution is 2.40. The quantitative estimate of drug-likeness (QED) is 0.386. The SMILES string of the molecule is CC(c1ccc(Cl)c(F)c1)c1ccc2c(c1)Cc1ccccc1S2. The fraction of sp³-hybridized carbons (Fsp3) is 0.143. The third-order valence-electron chi connectivity index (χ3n) is 4.60. The van der Waals surface area contributed by atoms with E-state index in [1.165, 1.54) is 32.5 Å². The van der Waals surface area contributed by atoms with E-state index < -0.39 is 0 Å². The second-order valence-corrected chi connectivity index (χ2v) is 7.64. The molecule has 0 aliphatic carbocycles. The van der Waals surface area contributed by atoms with Gasteiger partial charge in [0.05, 0.1) is 5.02 Å². The molecule has 0 aromatic heterocycles. The molecule has 1 aliphatic rings. The maximum absolute atomic E-state index is 13.8. The standard InChI is InChI=1S/C21H16ClFS/c1-13(15-6-8-18(22)19(23)12-15)14-7-9-21-17(10-14)11-16-4-2-3-5-20(16)24-21/h2-10,12-13H,11H2,1H3. The molecule has 1 heterocycles. The molecule has 24 heavy (non-hydrogen) atoms. The normalized spacial score (nSPS) is 14.0. The predicted molar refractivity (Wildman–Crippen MR) is 98.7 cm³/mol. The molecule has 3 aromatic rings. The van der Waals surface area contributed by atoms with Gasteiger partial charge in [0.25, 0.3) is 0 Å². The minimum Gasteiger partial charge on any atom is -0.205 e. The first-order chi connectivity index (χ1) is 11.6. The Hall–Kier alpha value is -1.77. The third kappa shape index (κ3) is 2.85. The number of fused-ring (bicyclic) bond motifs is 2. The third-order valence-corrected chi connectivity index (χ3v) is 6.14. The van der Waals surface area contributed by atoms with Crippen molar-refractivity contribution in [1.82, 2.24) is 0 Å². The molecule has 0 bridgehead atoms. The zero-order chi connectivity index (χ0) is 16.7. The fourth-order valence-electron chi connectivity index (χ4n) is 3.15. The molecule has 0 spiro atoms. The summed E-state index contributed by atoms with van der Waals surface area (Å²) < 4.78 is 13.8. The van der Waals surface area contributed by atoms with Crippen LogP contribution in [0.1, 0.15) is 35.1 Å². The molecule has 3 aromatic carbocycles. The van der Waals surface area contributed by atoms with Gasteiger partial charge < -0.3 is 0 Å². The summed E-state index contributed by atoms with van der Waals surface area (Å²) in [6.45, 7) is 2.11. The van der Waals surface area contributed by atoms with E-state index in [4.69, 9.17) is 11.6 Å². The molecule has 0 saturated heterocycles. The maximum atomic E-state index is 13.8. The van der Waals surface area contributed by atoms with E-state index in [-0.39, 0.29) is 16.8 Å². The van der Waals surface area contributed by atoms with Crippen molar-refractivity contribution in [3.8, 4) is 0 Å². The molecule has 0 saturated carbocycles. The zero-order valence-electron chi connectivity index (χ0n) is 13.2. The van der Waals surface area contributed by atoms with Gasteiger partial charge in [-0.2, -0.15) is 0 Å². The van der Waals surface area contributed by atoms with Crippen LogP contribution in [-0.4, -0.2) is 0 Å². The van der Waals surface area contributed by atoms with Crippen LogP contribution >= 0.6 is 23.4 Å². The first-order valence-corrected chi connectivity index (χ1v) is 9.15. The molecule has 3 heteroatoms. The second-order valence-electron chi connectivity index (χ2n) is 6.15. The molecule has 0 nitrogen and oxygen atoms in total.